The predicted octanol–water partition coefficient (Wildman–Crippen LogP) is 2.76. The zero-order chi connectivity index (χ0) is 12.6. The van der Waals surface area contributed by atoms with Crippen molar-refractivity contribution in [2.45, 2.75) is 38.8 Å². The van der Waals surface area contributed by atoms with E-state index >= 15 is 0 Å². The van der Waals surface area contributed by atoms with Crippen LogP contribution in [0, 0.1) is 0 Å². The number of hydrogen-bond acceptors (Lipinski definition) is 3. The summed E-state index contributed by atoms with van der Waals surface area (Å²) in [7, 11) is 0. The Morgan fingerprint density at radius 2 is 2.44 bits per heavy atom. The zero-order valence-corrected chi connectivity index (χ0v) is 11.8. The van der Waals surface area contributed by atoms with Gasteiger partial charge in [0.05, 0.1) is 29.8 Å². The average Bonchev–Trinajstić information content (AvgIpc) is 3.01. The molecule has 2 aromatic rings. The maximum absolute atomic E-state index is 4.61. The van der Waals surface area contributed by atoms with Crippen molar-refractivity contribution in [2.24, 2.45) is 0 Å². The smallest absolute Gasteiger partial charge is 0.0955 e. The van der Waals surface area contributed by atoms with Crippen molar-refractivity contribution in [1.29, 1.82) is 0 Å². The van der Waals surface area contributed by atoms with Gasteiger partial charge in [0.15, 0.2) is 0 Å². The summed E-state index contributed by atoms with van der Waals surface area (Å²) in [6, 6.07) is 4.30. The highest BCUT2D eigenvalue weighted by molar-refractivity contribution is 7.09. The summed E-state index contributed by atoms with van der Waals surface area (Å²) in [5, 5.41) is 5.78. The Labute approximate surface area is 112 Å². The van der Waals surface area contributed by atoms with E-state index in [2.05, 4.69) is 46.2 Å². The van der Waals surface area contributed by atoms with Crippen LogP contribution in [0.1, 0.15) is 36.5 Å². The molecule has 1 N–H and O–H groups in total. The molecule has 4 heteroatoms. The van der Waals surface area contributed by atoms with Crippen molar-refractivity contribution in [2.75, 3.05) is 6.54 Å². The quantitative estimate of drug-likeness (QED) is 0.920. The highest BCUT2D eigenvalue weighted by Crippen LogP contribution is 2.31. The van der Waals surface area contributed by atoms with E-state index in [1.807, 2.05) is 17.7 Å². The van der Waals surface area contributed by atoms with E-state index in [9.17, 15) is 0 Å². The standard InChI is InChI=1S/C14H19N3S/c1-3-14(2)13-12(6-7-16-14)15-10-17(13)9-11-5-4-8-18-11/h4-5,8,10,16H,3,6-7,9H2,1-2H3. The van der Waals surface area contributed by atoms with E-state index in [1.54, 1.807) is 0 Å². The number of thiophene rings is 1. The second-order valence-electron chi connectivity index (χ2n) is 5.11. The molecule has 1 aliphatic rings. The lowest BCUT2D eigenvalue weighted by atomic mass is 9.88. The number of rotatable bonds is 3. The summed E-state index contributed by atoms with van der Waals surface area (Å²) in [4.78, 5) is 6.00. The maximum Gasteiger partial charge on any atom is 0.0955 e. The Bertz CT molecular complexity index is 529. The molecule has 0 saturated heterocycles. The van der Waals surface area contributed by atoms with Crippen LogP contribution >= 0.6 is 11.3 Å². The third kappa shape index (κ3) is 1.89. The fourth-order valence-corrected chi connectivity index (χ4v) is 3.47. The minimum absolute atomic E-state index is 0.0708. The average molecular weight is 261 g/mol. The van der Waals surface area contributed by atoms with Crippen LogP contribution in [0.25, 0.3) is 0 Å². The second-order valence-corrected chi connectivity index (χ2v) is 6.14. The van der Waals surface area contributed by atoms with Gasteiger partial charge in [-0.25, -0.2) is 4.98 Å². The van der Waals surface area contributed by atoms with Gasteiger partial charge in [0, 0.05) is 17.8 Å². The van der Waals surface area contributed by atoms with Gasteiger partial charge in [0.2, 0.25) is 0 Å². The molecule has 0 radical (unpaired) electrons. The zero-order valence-electron chi connectivity index (χ0n) is 10.9. The van der Waals surface area contributed by atoms with Crippen molar-refractivity contribution in [3.63, 3.8) is 0 Å². The molecular weight excluding hydrogens is 242 g/mol. The molecular formula is C14H19N3S. The Morgan fingerprint density at radius 1 is 1.56 bits per heavy atom. The maximum atomic E-state index is 4.61. The summed E-state index contributed by atoms with van der Waals surface area (Å²) >= 11 is 1.81. The minimum atomic E-state index is 0.0708. The molecule has 0 saturated carbocycles. The second kappa shape index (κ2) is 4.52. The van der Waals surface area contributed by atoms with Gasteiger partial charge in [-0.2, -0.15) is 0 Å². The van der Waals surface area contributed by atoms with Crippen LogP contribution < -0.4 is 5.32 Å². The summed E-state index contributed by atoms with van der Waals surface area (Å²) in [6.07, 6.45) is 4.14. The molecule has 0 aromatic carbocycles. The van der Waals surface area contributed by atoms with Crippen molar-refractivity contribution in [3.05, 3.63) is 40.1 Å². The van der Waals surface area contributed by atoms with E-state index < -0.39 is 0 Å². The van der Waals surface area contributed by atoms with Crippen LogP contribution in [0.4, 0.5) is 0 Å². The van der Waals surface area contributed by atoms with Gasteiger partial charge in [-0.05, 0) is 24.8 Å². The van der Waals surface area contributed by atoms with Gasteiger partial charge in [-0.3, -0.25) is 0 Å². The molecule has 96 valence electrons. The monoisotopic (exact) mass is 261 g/mol. The van der Waals surface area contributed by atoms with E-state index in [0.29, 0.717) is 0 Å². The van der Waals surface area contributed by atoms with Gasteiger partial charge >= 0.3 is 0 Å². The fraction of sp³-hybridized carbons (Fsp3) is 0.500. The number of fused-ring (bicyclic) bond motifs is 1. The first-order valence-corrected chi connectivity index (χ1v) is 7.43. The van der Waals surface area contributed by atoms with Crippen molar-refractivity contribution in [3.8, 4) is 0 Å². The number of nitrogens with zero attached hydrogens (tertiary/aromatic N) is 2. The van der Waals surface area contributed by atoms with Crippen LogP contribution in [0.3, 0.4) is 0 Å². The lowest BCUT2D eigenvalue weighted by Crippen LogP contribution is -2.45. The van der Waals surface area contributed by atoms with Crippen LogP contribution in [0.5, 0.6) is 0 Å². The topological polar surface area (TPSA) is 29.9 Å². The highest BCUT2D eigenvalue weighted by Gasteiger charge is 2.34. The SMILES string of the molecule is CCC1(C)NCCc2ncn(Cc3cccs3)c21. The lowest BCUT2D eigenvalue weighted by Gasteiger charge is -2.35. The number of hydrogen-bond donors (Lipinski definition) is 1. The first kappa shape index (κ1) is 11.9. The van der Waals surface area contributed by atoms with Gasteiger partial charge in [-0.1, -0.05) is 13.0 Å². The molecule has 1 aliphatic heterocycles. The Hall–Kier alpha value is -1.13. The summed E-state index contributed by atoms with van der Waals surface area (Å²) in [5.41, 5.74) is 2.72. The van der Waals surface area contributed by atoms with Crippen LogP contribution in [-0.4, -0.2) is 16.1 Å². The fourth-order valence-electron chi connectivity index (χ4n) is 2.77. The van der Waals surface area contributed by atoms with Crippen molar-refractivity contribution >= 4 is 11.3 Å². The predicted molar refractivity (Wildman–Crippen MR) is 75.0 cm³/mol. The van der Waals surface area contributed by atoms with Crippen molar-refractivity contribution < 1.29 is 0 Å². The molecule has 2 aromatic heterocycles. The van der Waals surface area contributed by atoms with Gasteiger partial charge in [-0.15, -0.1) is 11.3 Å². The molecule has 0 bridgehead atoms. The summed E-state index contributed by atoms with van der Waals surface area (Å²) in [5.74, 6) is 0. The minimum Gasteiger partial charge on any atom is -0.327 e. The number of nitrogens with one attached hydrogen (secondary N) is 1. The van der Waals surface area contributed by atoms with E-state index in [1.165, 1.54) is 16.3 Å². The highest BCUT2D eigenvalue weighted by atomic mass is 32.1. The molecule has 0 aliphatic carbocycles. The first-order chi connectivity index (χ1) is 8.73. The number of aromatic nitrogens is 2. The van der Waals surface area contributed by atoms with E-state index in [-0.39, 0.29) is 5.54 Å². The Morgan fingerprint density at radius 3 is 3.17 bits per heavy atom. The molecule has 3 nitrogen and oxygen atoms in total. The van der Waals surface area contributed by atoms with Gasteiger partial charge in [0.25, 0.3) is 0 Å². The van der Waals surface area contributed by atoms with E-state index in [0.717, 1.165) is 25.9 Å². The first-order valence-electron chi connectivity index (χ1n) is 6.55. The van der Waals surface area contributed by atoms with Gasteiger partial charge in [0.1, 0.15) is 0 Å². The molecule has 0 spiro atoms. The molecule has 0 fully saturated rings. The lowest BCUT2D eigenvalue weighted by molar-refractivity contribution is 0.314. The molecule has 1 atom stereocenters. The van der Waals surface area contributed by atoms with Crippen LogP contribution in [0.2, 0.25) is 0 Å². The Balaban J connectivity index is 2.00. The summed E-state index contributed by atoms with van der Waals surface area (Å²) < 4.78 is 2.32. The molecule has 0 amide bonds. The van der Waals surface area contributed by atoms with Crippen LogP contribution in [-0.2, 0) is 18.5 Å². The van der Waals surface area contributed by atoms with Gasteiger partial charge < -0.3 is 9.88 Å². The summed E-state index contributed by atoms with van der Waals surface area (Å²) in [6.45, 7) is 6.51. The van der Waals surface area contributed by atoms with E-state index in [4.69, 9.17) is 0 Å². The van der Waals surface area contributed by atoms with Crippen molar-refractivity contribution in [1.82, 2.24) is 14.9 Å². The third-order valence-corrected chi connectivity index (χ3v) is 4.79. The molecule has 1 unspecified atom stereocenters. The molecule has 3 rings (SSSR count). The number of imidazole rings is 1. The normalized spacial score (nSPS) is 23.0. The molecule has 3 heterocycles. The van der Waals surface area contributed by atoms with Crippen LogP contribution in [0.15, 0.2) is 23.8 Å². The largest absolute Gasteiger partial charge is 0.327 e. The Kier molecular flexibility index (Phi) is 2.99. The molecule has 18 heavy (non-hydrogen) atoms. The third-order valence-electron chi connectivity index (χ3n) is 3.93.